The average Bonchev–Trinajstić information content (AvgIpc) is 2.93. The Balaban J connectivity index is 2.42. The zero-order valence-corrected chi connectivity index (χ0v) is 11.4. The van der Waals surface area contributed by atoms with Gasteiger partial charge in [0.25, 0.3) is 5.69 Å². The highest BCUT2D eigenvalue weighted by Gasteiger charge is 2.26. The standard InChI is InChI=1S/C14H18N2O4/c1-2-15(10-5-3-4-6-10)13-8-7-11(16(19)20)9-12(13)14(17)18/h7-10H,2-6H2,1H3,(H,17,18). The van der Waals surface area contributed by atoms with Crippen molar-refractivity contribution < 1.29 is 14.8 Å². The maximum absolute atomic E-state index is 11.4. The van der Waals surface area contributed by atoms with Crippen molar-refractivity contribution >= 4 is 17.3 Å². The molecule has 0 radical (unpaired) electrons. The van der Waals surface area contributed by atoms with E-state index in [1.807, 2.05) is 6.92 Å². The summed E-state index contributed by atoms with van der Waals surface area (Å²) in [5, 5.41) is 20.1. The van der Waals surface area contributed by atoms with Gasteiger partial charge in [-0.25, -0.2) is 4.79 Å². The van der Waals surface area contributed by atoms with E-state index >= 15 is 0 Å². The van der Waals surface area contributed by atoms with Gasteiger partial charge in [-0.15, -0.1) is 0 Å². The number of anilines is 1. The Hall–Kier alpha value is -2.11. The lowest BCUT2D eigenvalue weighted by atomic mass is 10.1. The summed E-state index contributed by atoms with van der Waals surface area (Å²) in [6, 6.07) is 4.41. The van der Waals surface area contributed by atoms with Gasteiger partial charge in [0.05, 0.1) is 16.2 Å². The maximum atomic E-state index is 11.4. The fraction of sp³-hybridized carbons (Fsp3) is 0.500. The van der Waals surface area contributed by atoms with Crippen LogP contribution >= 0.6 is 0 Å². The summed E-state index contributed by atoms with van der Waals surface area (Å²) in [5.74, 6) is -1.12. The lowest BCUT2D eigenvalue weighted by molar-refractivity contribution is -0.384. The summed E-state index contributed by atoms with van der Waals surface area (Å²) in [6.45, 7) is 2.67. The zero-order chi connectivity index (χ0) is 14.7. The van der Waals surface area contributed by atoms with Gasteiger partial charge in [-0.1, -0.05) is 12.8 Å². The average molecular weight is 278 g/mol. The van der Waals surface area contributed by atoms with E-state index in [0.29, 0.717) is 18.3 Å². The molecule has 0 unspecified atom stereocenters. The Bertz CT molecular complexity index is 524. The molecule has 1 aliphatic rings. The Morgan fingerprint density at radius 3 is 2.60 bits per heavy atom. The van der Waals surface area contributed by atoms with Crippen molar-refractivity contribution in [3.05, 3.63) is 33.9 Å². The molecular weight excluding hydrogens is 260 g/mol. The van der Waals surface area contributed by atoms with Crippen molar-refractivity contribution in [2.75, 3.05) is 11.4 Å². The first-order chi connectivity index (χ1) is 9.54. The van der Waals surface area contributed by atoms with Crippen LogP contribution in [0.2, 0.25) is 0 Å². The van der Waals surface area contributed by atoms with Crippen LogP contribution in [-0.2, 0) is 0 Å². The first kappa shape index (κ1) is 14.3. The number of carboxylic acids is 1. The quantitative estimate of drug-likeness (QED) is 0.661. The topological polar surface area (TPSA) is 83.7 Å². The highest BCUT2D eigenvalue weighted by molar-refractivity contribution is 5.95. The van der Waals surface area contributed by atoms with Gasteiger partial charge in [0.1, 0.15) is 0 Å². The molecule has 0 spiro atoms. The molecule has 0 bridgehead atoms. The molecule has 1 N–H and O–H groups in total. The largest absolute Gasteiger partial charge is 0.478 e. The van der Waals surface area contributed by atoms with E-state index in [4.69, 9.17) is 0 Å². The van der Waals surface area contributed by atoms with Gasteiger partial charge in [-0.2, -0.15) is 0 Å². The minimum absolute atomic E-state index is 0.00736. The third kappa shape index (κ3) is 2.74. The molecule has 0 amide bonds. The first-order valence-corrected chi connectivity index (χ1v) is 6.83. The maximum Gasteiger partial charge on any atom is 0.338 e. The molecule has 1 aliphatic carbocycles. The molecule has 0 aliphatic heterocycles. The van der Waals surface area contributed by atoms with Crippen LogP contribution in [0.15, 0.2) is 18.2 Å². The summed E-state index contributed by atoms with van der Waals surface area (Å²) in [4.78, 5) is 23.7. The van der Waals surface area contributed by atoms with Crippen LogP contribution in [0, 0.1) is 10.1 Å². The second-order valence-corrected chi connectivity index (χ2v) is 4.99. The van der Waals surface area contributed by atoms with Crippen LogP contribution in [0.5, 0.6) is 0 Å². The van der Waals surface area contributed by atoms with E-state index in [1.165, 1.54) is 6.07 Å². The predicted octanol–water partition coefficient (Wildman–Crippen LogP) is 3.06. The van der Waals surface area contributed by atoms with Crippen LogP contribution in [0.4, 0.5) is 11.4 Å². The molecule has 20 heavy (non-hydrogen) atoms. The second kappa shape index (κ2) is 5.90. The summed E-state index contributed by atoms with van der Waals surface area (Å²) < 4.78 is 0. The normalized spacial score (nSPS) is 15.2. The van der Waals surface area contributed by atoms with Crippen molar-refractivity contribution in [1.82, 2.24) is 0 Å². The number of carboxylic acid groups (broad SMARTS) is 1. The van der Waals surface area contributed by atoms with Gasteiger partial charge < -0.3 is 10.0 Å². The third-order valence-electron chi connectivity index (χ3n) is 3.84. The molecule has 1 saturated carbocycles. The van der Waals surface area contributed by atoms with Crippen molar-refractivity contribution in [2.24, 2.45) is 0 Å². The number of non-ortho nitro benzene ring substituents is 1. The Morgan fingerprint density at radius 2 is 2.10 bits per heavy atom. The minimum atomic E-state index is -1.12. The molecule has 6 nitrogen and oxygen atoms in total. The molecule has 1 aromatic carbocycles. The molecule has 0 aromatic heterocycles. The molecular formula is C14H18N2O4. The summed E-state index contributed by atoms with van der Waals surface area (Å²) in [5.41, 5.74) is 0.402. The van der Waals surface area contributed by atoms with Crippen LogP contribution < -0.4 is 4.90 Å². The Morgan fingerprint density at radius 1 is 1.45 bits per heavy atom. The lowest BCUT2D eigenvalue weighted by Crippen LogP contribution is -2.34. The SMILES string of the molecule is CCN(c1ccc([N+](=O)[O-])cc1C(=O)O)C1CCCC1. The molecule has 2 rings (SSSR count). The molecule has 1 fully saturated rings. The zero-order valence-electron chi connectivity index (χ0n) is 11.4. The van der Waals surface area contributed by atoms with E-state index in [0.717, 1.165) is 31.7 Å². The minimum Gasteiger partial charge on any atom is -0.478 e. The number of nitro groups is 1. The number of carbonyl (C=O) groups is 1. The number of aromatic carboxylic acids is 1. The summed E-state index contributed by atoms with van der Waals surface area (Å²) in [7, 11) is 0. The van der Waals surface area contributed by atoms with E-state index in [2.05, 4.69) is 4.90 Å². The van der Waals surface area contributed by atoms with Gasteiger partial charge >= 0.3 is 5.97 Å². The Kier molecular flexibility index (Phi) is 4.22. The van der Waals surface area contributed by atoms with Gasteiger partial charge in [0, 0.05) is 24.7 Å². The fourth-order valence-electron chi connectivity index (χ4n) is 2.90. The Labute approximate surface area is 117 Å². The van der Waals surface area contributed by atoms with Crippen molar-refractivity contribution in [2.45, 2.75) is 38.6 Å². The van der Waals surface area contributed by atoms with Gasteiger partial charge in [0.2, 0.25) is 0 Å². The van der Waals surface area contributed by atoms with Crippen molar-refractivity contribution in [1.29, 1.82) is 0 Å². The highest BCUT2D eigenvalue weighted by Crippen LogP contribution is 2.32. The summed E-state index contributed by atoms with van der Waals surface area (Å²) >= 11 is 0. The number of nitrogens with zero attached hydrogens (tertiary/aromatic N) is 2. The van der Waals surface area contributed by atoms with Crippen molar-refractivity contribution in [3.63, 3.8) is 0 Å². The number of hydrogen-bond acceptors (Lipinski definition) is 4. The monoisotopic (exact) mass is 278 g/mol. The van der Waals surface area contributed by atoms with Crippen LogP contribution in [0.25, 0.3) is 0 Å². The van der Waals surface area contributed by atoms with E-state index < -0.39 is 10.9 Å². The number of nitro benzene ring substituents is 1. The molecule has 0 heterocycles. The number of benzene rings is 1. The third-order valence-corrected chi connectivity index (χ3v) is 3.84. The molecule has 0 atom stereocenters. The van der Waals surface area contributed by atoms with Gasteiger partial charge in [0.15, 0.2) is 0 Å². The molecule has 6 heteroatoms. The van der Waals surface area contributed by atoms with Crippen LogP contribution in [-0.4, -0.2) is 28.6 Å². The second-order valence-electron chi connectivity index (χ2n) is 4.99. The molecule has 0 saturated heterocycles. The van der Waals surface area contributed by atoms with Crippen LogP contribution in [0.3, 0.4) is 0 Å². The molecule has 108 valence electrons. The molecule has 1 aromatic rings. The smallest absolute Gasteiger partial charge is 0.338 e. The van der Waals surface area contributed by atoms with Crippen LogP contribution in [0.1, 0.15) is 43.0 Å². The fourth-order valence-corrected chi connectivity index (χ4v) is 2.90. The summed E-state index contributed by atoms with van der Waals surface area (Å²) in [6.07, 6.45) is 4.39. The number of rotatable bonds is 5. The highest BCUT2D eigenvalue weighted by atomic mass is 16.6. The van der Waals surface area contributed by atoms with Gasteiger partial charge in [-0.3, -0.25) is 10.1 Å². The van der Waals surface area contributed by atoms with Crippen molar-refractivity contribution in [3.8, 4) is 0 Å². The van der Waals surface area contributed by atoms with E-state index in [-0.39, 0.29) is 11.3 Å². The predicted molar refractivity (Wildman–Crippen MR) is 75.3 cm³/mol. The lowest BCUT2D eigenvalue weighted by Gasteiger charge is -2.31. The number of hydrogen-bond donors (Lipinski definition) is 1. The first-order valence-electron chi connectivity index (χ1n) is 6.83. The van der Waals surface area contributed by atoms with E-state index in [1.54, 1.807) is 6.07 Å². The van der Waals surface area contributed by atoms with E-state index in [9.17, 15) is 20.0 Å². The van der Waals surface area contributed by atoms with Gasteiger partial charge in [-0.05, 0) is 25.8 Å².